The molecule has 0 aliphatic rings. The average Bonchev–Trinajstić information content (AvgIpc) is 2.54. The minimum absolute atomic E-state index is 0.0302. The van der Waals surface area contributed by atoms with Crippen LogP contribution in [0.5, 0.6) is 5.75 Å². The van der Waals surface area contributed by atoms with Crippen molar-refractivity contribution >= 4 is 10.0 Å². The van der Waals surface area contributed by atoms with Gasteiger partial charge in [0.1, 0.15) is 5.75 Å². The number of alkyl halides is 2. The number of ether oxygens (including phenoxy) is 1. The van der Waals surface area contributed by atoms with Gasteiger partial charge in [0, 0.05) is 6.54 Å². The lowest BCUT2D eigenvalue weighted by molar-refractivity contribution is 0.118. The van der Waals surface area contributed by atoms with Crippen LogP contribution in [0.1, 0.15) is 11.1 Å². The number of nitrogens with zero attached hydrogens (tertiary/aromatic N) is 1. The Bertz CT molecular complexity index is 780. The van der Waals surface area contributed by atoms with Crippen molar-refractivity contribution in [3.05, 3.63) is 59.7 Å². The molecular weight excluding hydrogens is 336 g/mol. The predicted octanol–water partition coefficient (Wildman–Crippen LogP) is 3.46. The summed E-state index contributed by atoms with van der Waals surface area (Å²) in [6, 6.07) is 13.0. The lowest BCUT2D eigenvalue weighted by Gasteiger charge is -2.22. The van der Waals surface area contributed by atoms with E-state index in [2.05, 4.69) is 0 Å². The van der Waals surface area contributed by atoms with Crippen molar-refractivity contribution in [1.29, 1.82) is 0 Å². The van der Waals surface area contributed by atoms with Gasteiger partial charge in [-0.2, -0.15) is 4.31 Å². The molecule has 0 spiro atoms. The molecule has 2 aromatic carbocycles. The highest BCUT2D eigenvalue weighted by molar-refractivity contribution is 7.89. The standard InChI is InChI=1S/C17H19F2NO3S/c1-13-10-15(8-9-16(13)23-2)24(21,22)20(12-17(18)19)11-14-6-4-3-5-7-14/h3-10,17H,11-12H2,1-2H3. The van der Waals surface area contributed by atoms with Crippen molar-refractivity contribution in [1.82, 2.24) is 4.31 Å². The van der Waals surface area contributed by atoms with Gasteiger partial charge < -0.3 is 4.74 Å². The van der Waals surface area contributed by atoms with Crippen LogP contribution < -0.4 is 4.74 Å². The maximum Gasteiger partial charge on any atom is 0.252 e. The van der Waals surface area contributed by atoms with Crippen molar-refractivity contribution in [2.75, 3.05) is 13.7 Å². The number of methoxy groups -OCH3 is 1. The van der Waals surface area contributed by atoms with Gasteiger partial charge in [-0.3, -0.25) is 0 Å². The molecular formula is C17H19F2NO3S. The zero-order valence-corrected chi connectivity index (χ0v) is 14.3. The Balaban J connectivity index is 2.37. The van der Waals surface area contributed by atoms with Gasteiger partial charge >= 0.3 is 0 Å². The van der Waals surface area contributed by atoms with Crippen molar-refractivity contribution in [2.45, 2.75) is 24.8 Å². The Morgan fingerprint density at radius 1 is 1.12 bits per heavy atom. The first kappa shape index (κ1) is 18.4. The monoisotopic (exact) mass is 355 g/mol. The highest BCUT2D eigenvalue weighted by Gasteiger charge is 2.28. The van der Waals surface area contributed by atoms with Crippen LogP contribution in [-0.4, -0.2) is 32.8 Å². The van der Waals surface area contributed by atoms with Gasteiger partial charge in [-0.1, -0.05) is 30.3 Å². The summed E-state index contributed by atoms with van der Waals surface area (Å²) in [4.78, 5) is -0.0302. The van der Waals surface area contributed by atoms with Crippen LogP contribution in [0.4, 0.5) is 8.78 Å². The molecule has 0 saturated heterocycles. The topological polar surface area (TPSA) is 46.6 Å². The van der Waals surface area contributed by atoms with Gasteiger partial charge in [0.2, 0.25) is 10.0 Å². The van der Waals surface area contributed by atoms with Crippen molar-refractivity contribution in [3.63, 3.8) is 0 Å². The molecule has 0 bridgehead atoms. The normalized spacial score (nSPS) is 11.9. The first-order chi connectivity index (χ1) is 11.3. The van der Waals surface area contributed by atoms with E-state index in [1.807, 2.05) is 0 Å². The number of hydrogen-bond donors (Lipinski definition) is 0. The predicted molar refractivity (Wildman–Crippen MR) is 87.8 cm³/mol. The molecule has 0 aliphatic carbocycles. The van der Waals surface area contributed by atoms with Crippen molar-refractivity contribution < 1.29 is 21.9 Å². The van der Waals surface area contributed by atoms with Gasteiger partial charge in [-0.05, 0) is 36.2 Å². The van der Waals surface area contributed by atoms with Crippen molar-refractivity contribution in [2.24, 2.45) is 0 Å². The molecule has 0 aromatic heterocycles. The third-order valence-electron chi connectivity index (χ3n) is 3.55. The molecule has 0 radical (unpaired) electrons. The fraction of sp³-hybridized carbons (Fsp3) is 0.294. The number of halogens is 2. The molecule has 0 saturated carbocycles. The largest absolute Gasteiger partial charge is 0.496 e. The molecule has 7 heteroatoms. The van der Waals surface area contributed by atoms with E-state index >= 15 is 0 Å². The second-order valence-electron chi connectivity index (χ2n) is 5.31. The van der Waals surface area contributed by atoms with Crippen LogP contribution in [-0.2, 0) is 16.6 Å². The van der Waals surface area contributed by atoms with Gasteiger partial charge in [0.15, 0.2) is 0 Å². The van der Waals surface area contributed by atoms with E-state index in [1.165, 1.54) is 25.3 Å². The highest BCUT2D eigenvalue weighted by Crippen LogP contribution is 2.25. The van der Waals surface area contributed by atoms with Crippen LogP contribution >= 0.6 is 0 Å². The summed E-state index contributed by atoms with van der Waals surface area (Å²) >= 11 is 0. The molecule has 0 heterocycles. The van der Waals surface area contributed by atoms with Crippen LogP contribution in [0.2, 0.25) is 0 Å². The van der Waals surface area contributed by atoms with E-state index < -0.39 is 23.0 Å². The molecule has 130 valence electrons. The lowest BCUT2D eigenvalue weighted by Crippen LogP contribution is -2.34. The fourth-order valence-corrected chi connectivity index (χ4v) is 3.84. The van der Waals surface area contributed by atoms with Crippen LogP contribution in [0.15, 0.2) is 53.4 Å². The molecule has 0 unspecified atom stereocenters. The minimum atomic E-state index is -4.04. The van der Waals surface area contributed by atoms with Crippen molar-refractivity contribution in [3.8, 4) is 5.75 Å². The Morgan fingerprint density at radius 2 is 1.79 bits per heavy atom. The summed E-state index contributed by atoms with van der Waals surface area (Å²) in [5.41, 5.74) is 1.27. The maximum atomic E-state index is 12.9. The Hall–Kier alpha value is -1.99. The molecule has 0 atom stereocenters. The van der Waals surface area contributed by atoms with Gasteiger partial charge in [0.25, 0.3) is 6.43 Å². The Kier molecular flexibility index (Phi) is 5.90. The summed E-state index contributed by atoms with van der Waals surface area (Å²) in [7, 11) is -2.56. The number of rotatable bonds is 7. The van der Waals surface area contributed by atoms with E-state index in [9.17, 15) is 17.2 Å². The number of hydrogen-bond acceptors (Lipinski definition) is 3. The molecule has 0 amide bonds. The molecule has 2 aromatic rings. The van der Waals surface area contributed by atoms with E-state index in [1.54, 1.807) is 37.3 Å². The van der Waals surface area contributed by atoms with Gasteiger partial charge in [-0.25, -0.2) is 17.2 Å². The zero-order chi connectivity index (χ0) is 17.7. The number of aryl methyl sites for hydroxylation is 1. The molecule has 2 rings (SSSR count). The highest BCUT2D eigenvalue weighted by atomic mass is 32.2. The summed E-state index contributed by atoms with van der Waals surface area (Å²) in [6.45, 7) is 0.730. The van der Waals surface area contributed by atoms with E-state index in [0.717, 1.165) is 4.31 Å². The third-order valence-corrected chi connectivity index (χ3v) is 5.36. The van der Waals surface area contributed by atoms with Crippen LogP contribution in [0.3, 0.4) is 0 Å². The van der Waals surface area contributed by atoms with E-state index in [4.69, 9.17) is 4.74 Å². The summed E-state index contributed by atoms with van der Waals surface area (Å²) < 4.78 is 57.3. The zero-order valence-electron chi connectivity index (χ0n) is 13.4. The van der Waals surface area contributed by atoms with E-state index in [-0.39, 0.29) is 11.4 Å². The second kappa shape index (κ2) is 7.72. The summed E-state index contributed by atoms with van der Waals surface area (Å²) in [5, 5.41) is 0. The van der Waals surface area contributed by atoms with Gasteiger partial charge in [0.05, 0.1) is 18.6 Å². The minimum Gasteiger partial charge on any atom is -0.496 e. The number of benzene rings is 2. The first-order valence-electron chi connectivity index (χ1n) is 7.31. The summed E-state index contributed by atoms with van der Waals surface area (Å²) in [5.74, 6) is 0.539. The smallest absolute Gasteiger partial charge is 0.252 e. The van der Waals surface area contributed by atoms with Crippen LogP contribution in [0.25, 0.3) is 0 Å². The molecule has 0 N–H and O–H groups in total. The number of sulfonamides is 1. The third kappa shape index (κ3) is 4.30. The van der Waals surface area contributed by atoms with E-state index in [0.29, 0.717) is 16.9 Å². The molecule has 0 aliphatic heterocycles. The quantitative estimate of drug-likeness (QED) is 0.764. The maximum absolute atomic E-state index is 12.9. The molecule has 4 nitrogen and oxygen atoms in total. The molecule has 0 fully saturated rings. The lowest BCUT2D eigenvalue weighted by atomic mass is 10.2. The summed E-state index contributed by atoms with van der Waals surface area (Å²) in [6.07, 6.45) is -2.76. The van der Waals surface area contributed by atoms with Crippen LogP contribution in [0, 0.1) is 6.92 Å². The van der Waals surface area contributed by atoms with Gasteiger partial charge in [-0.15, -0.1) is 0 Å². The second-order valence-corrected chi connectivity index (χ2v) is 7.24. The fourth-order valence-electron chi connectivity index (χ4n) is 2.35. The Morgan fingerprint density at radius 3 is 2.33 bits per heavy atom. The SMILES string of the molecule is COc1ccc(S(=O)(=O)N(Cc2ccccc2)CC(F)F)cc1C. The first-order valence-corrected chi connectivity index (χ1v) is 8.75. The average molecular weight is 355 g/mol. The molecule has 24 heavy (non-hydrogen) atoms. The Labute approximate surface area is 140 Å².